The van der Waals surface area contributed by atoms with E-state index in [1.165, 1.54) is 11.3 Å². The maximum atomic E-state index is 9.10. The Morgan fingerprint density at radius 3 is 2.95 bits per heavy atom. The van der Waals surface area contributed by atoms with E-state index < -0.39 is 0 Å². The zero-order valence-corrected chi connectivity index (χ0v) is 14.3. The van der Waals surface area contributed by atoms with Gasteiger partial charge in [0.25, 0.3) is 0 Å². The molecule has 0 radical (unpaired) electrons. The van der Waals surface area contributed by atoms with Gasteiger partial charge in [-0.15, -0.1) is 16.4 Å². The third-order valence-corrected chi connectivity index (χ3v) is 5.99. The Morgan fingerprint density at radius 1 is 1.45 bits per heavy atom. The normalized spacial score (nSPS) is 18.9. The molecule has 1 aliphatic rings. The van der Waals surface area contributed by atoms with Crippen molar-refractivity contribution in [3.8, 4) is 16.8 Å². The highest BCUT2D eigenvalue weighted by Gasteiger charge is 2.21. The van der Waals surface area contributed by atoms with Crippen LogP contribution in [0.4, 0.5) is 0 Å². The van der Waals surface area contributed by atoms with Gasteiger partial charge in [-0.2, -0.15) is 5.26 Å². The highest BCUT2D eigenvalue weighted by Crippen LogP contribution is 2.41. The molecule has 0 amide bonds. The topological polar surface area (TPSA) is 63.7 Å². The van der Waals surface area contributed by atoms with Gasteiger partial charge in [0, 0.05) is 6.61 Å². The number of hydrogen-bond donors (Lipinski definition) is 0. The molecule has 0 saturated carbocycles. The van der Waals surface area contributed by atoms with Crippen LogP contribution in [0.25, 0.3) is 10.7 Å². The standard InChI is InChI=1S/C12H10Br2N4OS/c13-9-7(5-15)11(14)20-10(9)12-16-6-18(17-12)8-3-1-2-4-19-8/h6,8H,1-4H2. The third kappa shape index (κ3) is 2.55. The van der Waals surface area contributed by atoms with Crippen LogP contribution in [0.5, 0.6) is 0 Å². The Labute approximate surface area is 136 Å². The fourth-order valence-electron chi connectivity index (χ4n) is 2.07. The van der Waals surface area contributed by atoms with Crippen LogP contribution in [0.2, 0.25) is 0 Å². The van der Waals surface area contributed by atoms with E-state index in [-0.39, 0.29) is 6.23 Å². The molecule has 0 spiro atoms. The molecular formula is C12H10Br2N4OS. The fourth-order valence-corrected chi connectivity index (χ4v) is 4.75. The summed E-state index contributed by atoms with van der Waals surface area (Å²) >= 11 is 8.28. The molecule has 1 fully saturated rings. The van der Waals surface area contributed by atoms with Crippen LogP contribution in [0.3, 0.4) is 0 Å². The van der Waals surface area contributed by atoms with Gasteiger partial charge >= 0.3 is 0 Å². The Morgan fingerprint density at radius 2 is 2.30 bits per heavy atom. The van der Waals surface area contributed by atoms with Crippen LogP contribution in [-0.4, -0.2) is 21.4 Å². The molecule has 2 aromatic heterocycles. The lowest BCUT2D eigenvalue weighted by Gasteiger charge is -2.21. The summed E-state index contributed by atoms with van der Waals surface area (Å²) in [5.41, 5.74) is 0.579. The van der Waals surface area contributed by atoms with Gasteiger partial charge < -0.3 is 4.74 Å². The Bertz CT molecular complexity index is 670. The van der Waals surface area contributed by atoms with Crippen molar-refractivity contribution in [1.82, 2.24) is 14.8 Å². The van der Waals surface area contributed by atoms with Crippen LogP contribution >= 0.6 is 43.2 Å². The first-order chi connectivity index (χ1) is 9.70. The lowest BCUT2D eigenvalue weighted by atomic mass is 10.2. The number of rotatable bonds is 2. The molecule has 1 aliphatic heterocycles. The average Bonchev–Trinajstić information content (AvgIpc) is 3.05. The molecule has 5 nitrogen and oxygen atoms in total. The predicted octanol–water partition coefficient (Wildman–Crippen LogP) is 4.10. The van der Waals surface area contributed by atoms with Gasteiger partial charge in [0.15, 0.2) is 12.1 Å². The van der Waals surface area contributed by atoms with Crippen LogP contribution in [0.15, 0.2) is 14.6 Å². The third-order valence-electron chi connectivity index (χ3n) is 3.08. The molecule has 0 bridgehead atoms. The molecule has 0 N–H and O–H groups in total. The van der Waals surface area contributed by atoms with Crippen molar-refractivity contribution >= 4 is 43.2 Å². The van der Waals surface area contributed by atoms with Gasteiger partial charge in [0.05, 0.1) is 18.7 Å². The van der Waals surface area contributed by atoms with E-state index in [0.717, 1.165) is 39.0 Å². The molecular weight excluding hydrogens is 408 g/mol. The van der Waals surface area contributed by atoms with E-state index in [1.807, 2.05) is 0 Å². The Kier molecular flexibility index (Phi) is 4.21. The highest BCUT2D eigenvalue weighted by molar-refractivity contribution is 9.11. The van der Waals surface area contributed by atoms with Crippen LogP contribution < -0.4 is 0 Å². The second-order valence-corrected chi connectivity index (χ2v) is 7.51. The minimum atomic E-state index is -0.0254. The van der Waals surface area contributed by atoms with Crippen molar-refractivity contribution < 1.29 is 4.74 Å². The Hall–Kier alpha value is -0.750. The van der Waals surface area contributed by atoms with E-state index in [0.29, 0.717) is 11.4 Å². The number of nitriles is 1. The van der Waals surface area contributed by atoms with Crippen molar-refractivity contribution in [3.63, 3.8) is 0 Å². The summed E-state index contributed by atoms with van der Waals surface area (Å²) in [6.45, 7) is 0.771. The summed E-state index contributed by atoms with van der Waals surface area (Å²) in [6, 6.07) is 2.15. The van der Waals surface area contributed by atoms with Gasteiger partial charge in [-0.05, 0) is 51.1 Å². The van der Waals surface area contributed by atoms with Crippen LogP contribution in [0, 0.1) is 11.3 Å². The summed E-state index contributed by atoms with van der Waals surface area (Å²) < 4.78 is 8.97. The maximum absolute atomic E-state index is 9.10. The van der Waals surface area contributed by atoms with Crippen LogP contribution in [0.1, 0.15) is 31.1 Å². The van der Waals surface area contributed by atoms with E-state index >= 15 is 0 Å². The van der Waals surface area contributed by atoms with Crippen molar-refractivity contribution in [3.05, 3.63) is 20.1 Å². The van der Waals surface area contributed by atoms with Crippen molar-refractivity contribution in [2.24, 2.45) is 0 Å². The molecule has 3 rings (SSSR count). The summed E-state index contributed by atoms with van der Waals surface area (Å²) in [7, 11) is 0. The number of thiophene rings is 1. The molecule has 8 heteroatoms. The predicted molar refractivity (Wildman–Crippen MR) is 82.3 cm³/mol. The zero-order chi connectivity index (χ0) is 14.1. The molecule has 2 aromatic rings. The monoisotopic (exact) mass is 416 g/mol. The zero-order valence-electron chi connectivity index (χ0n) is 10.3. The summed E-state index contributed by atoms with van der Waals surface area (Å²) in [6.07, 6.45) is 4.88. The molecule has 3 heterocycles. The molecule has 0 aliphatic carbocycles. The number of nitrogens with zero attached hydrogens (tertiary/aromatic N) is 4. The number of ether oxygens (including phenoxy) is 1. The second kappa shape index (κ2) is 5.93. The van der Waals surface area contributed by atoms with Gasteiger partial charge in [0.1, 0.15) is 12.4 Å². The van der Waals surface area contributed by atoms with Crippen molar-refractivity contribution in [2.75, 3.05) is 6.61 Å². The van der Waals surface area contributed by atoms with E-state index in [9.17, 15) is 0 Å². The molecule has 1 unspecified atom stereocenters. The number of halogens is 2. The lowest BCUT2D eigenvalue weighted by Crippen LogP contribution is -2.18. The summed E-state index contributed by atoms with van der Waals surface area (Å²) in [5, 5.41) is 13.6. The van der Waals surface area contributed by atoms with E-state index in [1.54, 1.807) is 11.0 Å². The summed E-state index contributed by atoms with van der Waals surface area (Å²) in [4.78, 5) is 5.18. The smallest absolute Gasteiger partial charge is 0.192 e. The van der Waals surface area contributed by atoms with Gasteiger partial charge in [-0.25, -0.2) is 9.67 Å². The lowest BCUT2D eigenvalue weighted by molar-refractivity contribution is -0.0395. The second-order valence-electron chi connectivity index (χ2n) is 4.38. The first-order valence-electron chi connectivity index (χ1n) is 6.11. The maximum Gasteiger partial charge on any atom is 0.192 e. The van der Waals surface area contributed by atoms with E-state index in [2.05, 4.69) is 48.0 Å². The van der Waals surface area contributed by atoms with Gasteiger partial charge in [-0.1, -0.05) is 0 Å². The number of aromatic nitrogens is 3. The van der Waals surface area contributed by atoms with Crippen molar-refractivity contribution in [2.45, 2.75) is 25.5 Å². The molecule has 104 valence electrons. The number of hydrogen-bond acceptors (Lipinski definition) is 5. The first-order valence-corrected chi connectivity index (χ1v) is 8.52. The Balaban J connectivity index is 1.92. The molecule has 0 aromatic carbocycles. The molecule has 1 atom stereocenters. The average molecular weight is 418 g/mol. The quantitative estimate of drug-likeness (QED) is 0.737. The molecule has 20 heavy (non-hydrogen) atoms. The first kappa shape index (κ1) is 14.2. The van der Waals surface area contributed by atoms with Gasteiger partial charge in [-0.3, -0.25) is 0 Å². The van der Waals surface area contributed by atoms with E-state index in [4.69, 9.17) is 10.00 Å². The van der Waals surface area contributed by atoms with Crippen molar-refractivity contribution in [1.29, 1.82) is 5.26 Å². The fraction of sp³-hybridized carbons (Fsp3) is 0.417. The summed E-state index contributed by atoms with van der Waals surface area (Å²) in [5.74, 6) is 0.609. The SMILES string of the molecule is N#Cc1c(Br)sc(-c2ncn(C3CCCCO3)n2)c1Br. The minimum absolute atomic E-state index is 0.0254. The largest absolute Gasteiger partial charge is 0.356 e. The van der Waals surface area contributed by atoms with Crippen LogP contribution in [-0.2, 0) is 4.74 Å². The molecule has 1 saturated heterocycles. The van der Waals surface area contributed by atoms with Gasteiger partial charge in [0.2, 0.25) is 0 Å². The minimum Gasteiger partial charge on any atom is -0.356 e. The highest BCUT2D eigenvalue weighted by atomic mass is 79.9.